The molecule has 0 saturated carbocycles. The molecule has 6 nitrogen and oxygen atoms in total. The number of rotatable bonds is 11. The highest BCUT2D eigenvalue weighted by atomic mass is 19.4. The molecule has 0 fully saturated rings. The van der Waals surface area contributed by atoms with Gasteiger partial charge in [0.2, 0.25) is 0 Å². The van der Waals surface area contributed by atoms with E-state index in [0.717, 1.165) is 54.1 Å². The van der Waals surface area contributed by atoms with Gasteiger partial charge in [-0.2, -0.15) is 13.2 Å². The van der Waals surface area contributed by atoms with Crippen LogP contribution >= 0.6 is 0 Å². The van der Waals surface area contributed by atoms with Gasteiger partial charge in [-0.25, -0.2) is 0 Å². The molecular formula is C32H34F3N3O3. The van der Waals surface area contributed by atoms with Gasteiger partial charge in [0, 0.05) is 47.9 Å². The van der Waals surface area contributed by atoms with E-state index < -0.39 is 11.7 Å². The van der Waals surface area contributed by atoms with E-state index in [1.54, 1.807) is 32.4 Å². The average Bonchev–Trinajstić information content (AvgIpc) is 2.98. The van der Waals surface area contributed by atoms with Gasteiger partial charge in [0.05, 0.1) is 30.9 Å². The molecule has 1 heterocycles. The summed E-state index contributed by atoms with van der Waals surface area (Å²) >= 11 is 0. The lowest BCUT2D eigenvalue weighted by molar-refractivity contribution is -0.137. The maximum Gasteiger partial charge on any atom is 0.416 e. The van der Waals surface area contributed by atoms with E-state index in [2.05, 4.69) is 22.1 Å². The first-order chi connectivity index (χ1) is 19.6. The van der Waals surface area contributed by atoms with E-state index >= 15 is 0 Å². The van der Waals surface area contributed by atoms with E-state index in [-0.39, 0.29) is 11.9 Å². The summed E-state index contributed by atoms with van der Waals surface area (Å²) in [4.78, 5) is 19.8. The largest absolute Gasteiger partial charge is 0.497 e. The van der Waals surface area contributed by atoms with E-state index in [4.69, 9.17) is 9.47 Å². The third-order valence-corrected chi connectivity index (χ3v) is 7.09. The number of alkyl halides is 3. The number of halogens is 3. The number of amides is 1. The van der Waals surface area contributed by atoms with Gasteiger partial charge in [0.25, 0.3) is 5.91 Å². The Hall–Kier alpha value is -4.11. The Morgan fingerprint density at radius 1 is 1.02 bits per heavy atom. The minimum Gasteiger partial charge on any atom is -0.497 e. The van der Waals surface area contributed by atoms with Gasteiger partial charge < -0.3 is 14.8 Å². The number of hydrogen-bond acceptors (Lipinski definition) is 5. The summed E-state index contributed by atoms with van der Waals surface area (Å²) < 4.78 is 49.7. The van der Waals surface area contributed by atoms with Crippen molar-refractivity contribution in [1.82, 2.24) is 15.2 Å². The Balaban J connectivity index is 1.40. The fourth-order valence-corrected chi connectivity index (χ4v) is 4.68. The Morgan fingerprint density at radius 2 is 1.78 bits per heavy atom. The predicted octanol–water partition coefficient (Wildman–Crippen LogP) is 6.97. The number of pyridine rings is 1. The molecule has 0 unspecified atom stereocenters. The topological polar surface area (TPSA) is 63.7 Å². The van der Waals surface area contributed by atoms with Crippen molar-refractivity contribution in [2.75, 3.05) is 27.3 Å². The molecule has 9 heteroatoms. The number of hydrogen-bond donors (Lipinski definition) is 1. The van der Waals surface area contributed by atoms with Crippen molar-refractivity contribution in [3.63, 3.8) is 0 Å². The number of carbonyl (C=O) groups is 1. The van der Waals surface area contributed by atoms with Gasteiger partial charge in [-0.15, -0.1) is 0 Å². The number of benzene rings is 3. The minimum absolute atomic E-state index is 0.0801. The second-order valence-corrected chi connectivity index (χ2v) is 9.89. The summed E-state index contributed by atoms with van der Waals surface area (Å²) in [6.07, 6.45) is -2.14. The fourth-order valence-electron chi connectivity index (χ4n) is 4.68. The molecule has 0 aliphatic rings. The molecule has 0 aliphatic heterocycles. The number of ether oxygens (including phenoxy) is 2. The molecule has 1 amide bonds. The summed E-state index contributed by atoms with van der Waals surface area (Å²) in [5, 5.41) is 3.79. The Morgan fingerprint density at radius 3 is 2.44 bits per heavy atom. The zero-order valence-corrected chi connectivity index (χ0v) is 23.6. The minimum atomic E-state index is -4.39. The molecule has 216 valence electrons. The Kier molecular flexibility index (Phi) is 9.50. The molecule has 0 saturated heterocycles. The smallest absolute Gasteiger partial charge is 0.416 e. The van der Waals surface area contributed by atoms with Crippen LogP contribution in [0.5, 0.6) is 11.5 Å². The van der Waals surface area contributed by atoms with Crippen LogP contribution in [0.25, 0.3) is 22.0 Å². The molecule has 0 radical (unpaired) electrons. The first-order valence-corrected chi connectivity index (χ1v) is 13.4. The molecule has 0 bridgehead atoms. The highest BCUT2D eigenvalue weighted by Gasteiger charge is 2.30. The number of nitrogens with one attached hydrogen (secondary N) is 1. The average molecular weight is 566 g/mol. The van der Waals surface area contributed by atoms with Gasteiger partial charge in [0.1, 0.15) is 11.5 Å². The molecule has 1 N–H and O–H groups in total. The van der Waals surface area contributed by atoms with Crippen LogP contribution in [0.4, 0.5) is 13.2 Å². The van der Waals surface area contributed by atoms with Gasteiger partial charge in [0.15, 0.2) is 0 Å². The number of fused-ring (bicyclic) bond motifs is 1. The molecule has 0 spiro atoms. The van der Waals surface area contributed by atoms with Crippen molar-refractivity contribution >= 4 is 16.8 Å². The van der Waals surface area contributed by atoms with Crippen molar-refractivity contribution in [1.29, 1.82) is 0 Å². The highest BCUT2D eigenvalue weighted by molar-refractivity contribution is 6.00. The van der Waals surface area contributed by atoms with Crippen LogP contribution in [0.2, 0.25) is 0 Å². The third-order valence-electron chi connectivity index (χ3n) is 7.09. The first kappa shape index (κ1) is 29.9. The van der Waals surface area contributed by atoms with Crippen molar-refractivity contribution in [3.8, 4) is 22.6 Å². The number of carbonyl (C=O) groups excluding carboxylic acids is 1. The summed E-state index contributed by atoms with van der Waals surface area (Å²) in [6.45, 7) is 6.39. The van der Waals surface area contributed by atoms with E-state index in [0.29, 0.717) is 28.8 Å². The van der Waals surface area contributed by atoms with Gasteiger partial charge >= 0.3 is 6.18 Å². The summed E-state index contributed by atoms with van der Waals surface area (Å²) in [5.74, 6) is 1.28. The normalized spacial score (nSPS) is 12.4. The summed E-state index contributed by atoms with van der Waals surface area (Å²) in [5.41, 5.74) is 2.71. The lowest BCUT2D eigenvalue weighted by Crippen LogP contribution is -2.36. The van der Waals surface area contributed by atoms with E-state index in [1.165, 1.54) is 18.3 Å². The van der Waals surface area contributed by atoms with Crippen molar-refractivity contribution < 1.29 is 27.4 Å². The molecule has 4 aromatic rings. The summed E-state index contributed by atoms with van der Waals surface area (Å²) in [7, 11) is 3.26. The van der Waals surface area contributed by atoms with Gasteiger partial charge in [-0.05, 0) is 49.7 Å². The zero-order valence-electron chi connectivity index (χ0n) is 23.6. The molecule has 1 atom stereocenters. The van der Waals surface area contributed by atoms with Crippen LogP contribution < -0.4 is 14.8 Å². The molecule has 41 heavy (non-hydrogen) atoms. The van der Waals surface area contributed by atoms with Crippen molar-refractivity contribution in [2.24, 2.45) is 0 Å². The first-order valence-electron chi connectivity index (χ1n) is 13.4. The monoisotopic (exact) mass is 565 g/mol. The molecule has 1 aromatic heterocycles. The van der Waals surface area contributed by atoms with Crippen LogP contribution in [0.3, 0.4) is 0 Å². The lowest BCUT2D eigenvalue weighted by atomic mass is 10.00. The predicted molar refractivity (Wildman–Crippen MR) is 154 cm³/mol. The quantitative estimate of drug-likeness (QED) is 0.213. The van der Waals surface area contributed by atoms with Crippen LogP contribution in [-0.4, -0.2) is 49.1 Å². The summed E-state index contributed by atoms with van der Waals surface area (Å²) in [6, 6.07) is 17.9. The standard InChI is InChI=1S/C32H34F3N3O3/c1-5-38(20-24-11-14-27(40-3)18-29(24)41-4)16-15-21(2)37-31(39)25-17-23-7-6-8-28(30(23)36-19-25)22-9-12-26(13-10-22)32(33,34)35/h6-14,17-19,21H,5,15-16,20H2,1-4H3,(H,37,39)/t21-/m1/s1. The number of aromatic nitrogens is 1. The third kappa shape index (κ3) is 7.35. The Labute approximate surface area is 238 Å². The second-order valence-electron chi connectivity index (χ2n) is 9.89. The molecular weight excluding hydrogens is 531 g/mol. The number of para-hydroxylation sites is 1. The zero-order chi connectivity index (χ0) is 29.6. The van der Waals surface area contributed by atoms with Crippen LogP contribution in [0.1, 0.15) is 41.8 Å². The number of methoxy groups -OCH3 is 2. The van der Waals surface area contributed by atoms with Crippen LogP contribution in [0, 0.1) is 0 Å². The van der Waals surface area contributed by atoms with Gasteiger partial charge in [-0.1, -0.05) is 43.3 Å². The SMILES string of the molecule is CCN(CC[C@@H](C)NC(=O)c1cnc2c(-c3ccc(C(F)(F)F)cc3)cccc2c1)Cc1ccc(OC)cc1OC. The van der Waals surface area contributed by atoms with Crippen LogP contribution in [-0.2, 0) is 12.7 Å². The highest BCUT2D eigenvalue weighted by Crippen LogP contribution is 2.33. The maximum absolute atomic E-state index is 13.0. The number of nitrogens with zero attached hydrogens (tertiary/aromatic N) is 2. The maximum atomic E-state index is 13.0. The second kappa shape index (κ2) is 13.0. The van der Waals surface area contributed by atoms with Crippen molar-refractivity contribution in [2.45, 2.75) is 39.0 Å². The molecule has 0 aliphatic carbocycles. The van der Waals surface area contributed by atoms with Gasteiger partial charge in [-0.3, -0.25) is 14.7 Å². The molecule has 3 aromatic carbocycles. The van der Waals surface area contributed by atoms with Crippen LogP contribution in [0.15, 0.2) is 72.9 Å². The van der Waals surface area contributed by atoms with E-state index in [1.807, 2.05) is 31.2 Å². The Bertz CT molecular complexity index is 1490. The van der Waals surface area contributed by atoms with Crippen molar-refractivity contribution in [3.05, 3.63) is 89.6 Å². The van der Waals surface area contributed by atoms with E-state index in [9.17, 15) is 18.0 Å². The fraction of sp³-hybridized carbons (Fsp3) is 0.312. The lowest BCUT2D eigenvalue weighted by Gasteiger charge is -2.24. The molecule has 4 rings (SSSR count).